The van der Waals surface area contributed by atoms with Crippen LogP contribution in [0.15, 0.2) is 66.7 Å². The van der Waals surface area contributed by atoms with Gasteiger partial charge in [-0.3, -0.25) is 9.59 Å². The Morgan fingerprint density at radius 2 is 1.62 bits per heavy atom. The molecule has 0 aliphatic heterocycles. The molecule has 0 atom stereocenters. The van der Waals surface area contributed by atoms with E-state index in [1.165, 1.54) is 7.11 Å². The average Bonchev–Trinajstić information content (AvgIpc) is 3.65. The average molecular weight is 544 g/mol. The highest BCUT2D eigenvalue weighted by Crippen LogP contribution is 2.39. The van der Waals surface area contributed by atoms with Gasteiger partial charge in [0.15, 0.2) is 0 Å². The van der Waals surface area contributed by atoms with Gasteiger partial charge >= 0.3 is 0 Å². The van der Waals surface area contributed by atoms with E-state index in [-0.39, 0.29) is 24.9 Å². The van der Waals surface area contributed by atoms with E-state index in [2.05, 4.69) is 15.6 Å². The minimum absolute atomic E-state index is 0.0441. The fraction of sp³-hybridized carbons (Fsp3) is 0.333. The molecule has 1 N–H and O–H groups in total. The van der Waals surface area contributed by atoms with E-state index >= 15 is 0 Å². The zero-order valence-electron chi connectivity index (χ0n) is 22.9. The Labute approximate surface area is 232 Å². The number of fused-ring (bicyclic) bond motifs is 1. The zero-order valence-corrected chi connectivity index (χ0v) is 22.9. The number of carbonyl (C=O) groups is 2. The molecule has 1 aliphatic rings. The SMILES string of the molecule is COc1ccc(CN(C(=O)Cn2nnc3ccccc32)C2(C(=O)Nc3ccc(OC)cc3OC)CCCC2)cc1. The molecular formula is C30H33N5O5. The number of nitrogens with zero attached hydrogens (tertiary/aromatic N) is 4. The number of aromatic nitrogens is 3. The lowest BCUT2D eigenvalue weighted by Gasteiger charge is -2.40. The molecule has 5 rings (SSSR count). The van der Waals surface area contributed by atoms with E-state index in [1.807, 2.05) is 48.5 Å². The second-order valence-electron chi connectivity index (χ2n) is 9.82. The van der Waals surface area contributed by atoms with Crippen LogP contribution in [0.3, 0.4) is 0 Å². The molecule has 2 amide bonds. The van der Waals surface area contributed by atoms with Crippen molar-refractivity contribution in [3.63, 3.8) is 0 Å². The lowest BCUT2D eigenvalue weighted by molar-refractivity contribution is -0.147. The maximum atomic E-state index is 14.2. The third-order valence-corrected chi connectivity index (χ3v) is 7.53. The summed E-state index contributed by atoms with van der Waals surface area (Å²) in [5, 5.41) is 11.5. The third-order valence-electron chi connectivity index (χ3n) is 7.53. The first-order valence-corrected chi connectivity index (χ1v) is 13.2. The Bertz CT molecular complexity index is 1490. The molecule has 1 saturated carbocycles. The van der Waals surface area contributed by atoms with Crippen LogP contribution < -0.4 is 19.5 Å². The molecule has 0 radical (unpaired) electrons. The highest BCUT2D eigenvalue weighted by Gasteiger charge is 2.48. The van der Waals surface area contributed by atoms with Gasteiger partial charge in [-0.2, -0.15) is 0 Å². The summed E-state index contributed by atoms with van der Waals surface area (Å²) in [5.41, 5.74) is 1.81. The first-order valence-electron chi connectivity index (χ1n) is 13.2. The minimum Gasteiger partial charge on any atom is -0.497 e. The molecule has 1 aromatic heterocycles. The maximum absolute atomic E-state index is 14.2. The van der Waals surface area contributed by atoms with Crippen molar-refractivity contribution in [1.82, 2.24) is 19.9 Å². The van der Waals surface area contributed by atoms with Crippen molar-refractivity contribution in [2.75, 3.05) is 26.6 Å². The Kier molecular flexibility index (Phi) is 7.86. The lowest BCUT2D eigenvalue weighted by Crippen LogP contribution is -2.57. The number of ether oxygens (including phenoxy) is 3. The summed E-state index contributed by atoms with van der Waals surface area (Å²) in [6.07, 6.45) is 2.73. The van der Waals surface area contributed by atoms with E-state index in [4.69, 9.17) is 14.2 Å². The van der Waals surface area contributed by atoms with Gasteiger partial charge in [0.1, 0.15) is 34.8 Å². The Morgan fingerprint density at radius 1 is 0.925 bits per heavy atom. The molecule has 40 heavy (non-hydrogen) atoms. The van der Waals surface area contributed by atoms with Gasteiger partial charge in [0.2, 0.25) is 11.8 Å². The van der Waals surface area contributed by atoms with Crippen molar-refractivity contribution in [3.8, 4) is 17.2 Å². The van der Waals surface area contributed by atoms with Crippen LogP contribution in [0.2, 0.25) is 0 Å². The smallest absolute Gasteiger partial charge is 0.250 e. The molecule has 0 saturated heterocycles. The summed E-state index contributed by atoms with van der Waals surface area (Å²) in [4.78, 5) is 30.0. The first kappa shape index (κ1) is 27.0. The largest absolute Gasteiger partial charge is 0.497 e. The zero-order chi connectivity index (χ0) is 28.1. The Morgan fingerprint density at radius 3 is 2.33 bits per heavy atom. The third kappa shape index (κ3) is 5.29. The molecule has 0 unspecified atom stereocenters. The summed E-state index contributed by atoms with van der Waals surface area (Å²) >= 11 is 0. The molecule has 3 aromatic carbocycles. The van der Waals surface area contributed by atoms with Gasteiger partial charge in [-0.05, 0) is 54.8 Å². The molecule has 4 aromatic rings. The van der Waals surface area contributed by atoms with Gasteiger partial charge in [0.25, 0.3) is 0 Å². The van der Waals surface area contributed by atoms with Crippen molar-refractivity contribution in [2.45, 2.75) is 44.3 Å². The molecule has 208 valence electrons. The summed E-state index contributed by atoms with van der Waals surface area (Å²) in [6, 6.07) is 20.3. The van der Waals surface area contributed by atoms with Crippen molar-refractivity contribution in [2.24, 2.45) is 0 Å². The number of amides is 2. The predicted octanol–water partition coefficient (Wildman–Crippen LogP) is 4.44. The van der Waals surface area contributed by atoms with Crippen LogP contribution in [-0.2, 0) is 22.7 Å². The number of hydrogen-bond acceptors (Lipinski definition) is 7. The standard InChI is InChI=1S/C30H33N5O5/c1-38-22-12-10-21(11-13-22)19-34(28(36)20-35-26-9-5-4-8-24(26)32-33-35)30(16-6-7-17-30)29(37)31-25-15-14-23(39-2)18-27(25)40-3/h4-5,8-15,18H,6-7,16-17,19-20H2,1-3H3,(H,31,37). The van der Waals surface area contributed by atoms with Crippen molar-refractivity contribution >= 4 is 28.5 Å². The number of hydrogen-bond donors (Lipinski definition) is 1. The minimum atomic E-state index is -1.06. The Balaban J connectivity index is 1.50. The summed E-state index contributed by atoms with van der Waals surface area (Å²) < 4.78 is 17.7. The highest BCUT2D eigenvalue weighted by molar-refractivity contribution is 6.01. The summed E-state index contributed by atoms with van der Waals surface area (Å²) in [6.45, 7) is 0.209. The maximum Gasteiger partial charge on any atom is 0.250 e. The van der Waals surface area contributed by atoms with Crippen molar-refractivity contribution in [1.29, 1.82) is 0 Å². The van der Waals surface area contributed by atoms with Gasteiger partial charge in [0, 0.05) is 12.6 Å². The van der Waals surface area contributed by atoms with Crippen LogP contribution >= 0.6 is 0 Å². The van der Waals surface area contributed by atoms with Crippen LogP contribution in [-0.4, -0.2) is 58.6 Å². The summed E-state index contributed by atoms with van der Waals surface area (Å²) in [7, 11) is 4.72. The number of para-hydroxylation sites is 1. The quantitative estimate of drug-likeness (QED) is 0.315. The molecule has 1 fully saturated rings. The van der Waals surface area contributed by atoms with Crippen molar-refractivity contribution < 1.29 is 23.8 Å². The fourth-order valence-electron chi connectivity index (χ4n) is 5.36. The van der Waals surface area contributed by atoms with Crippen LogP contribution in [0.25, 0.3) is 11.0 Å². The number of anilines is 1. The second kappa shape index (κ2) is 11.6. The van der Waals surface area contributed by atoms with Crippen LogP contribution in [0, 0.1) is 0 Å². The molecule has 10 nitrogen and oxygen atoms in total. The monoisotopic (exact) mass is 543 g/mol. The lowest BCUT2D eigenvalue weighted by atomic mass is 9.92. The summed E-state index contributed by atoms with van der Waals surface area (Å²) in [5.74, 6) is 1.34. The second-order valence-corrected chi connectivity index (χ2v) is 9.82. The fourth-order valence-corrected chi connectivity index (χ4v) is 5.36. The predicted molar refractivity (Wildman–Crippen MR) is 150 cm³/mol. The molecule has 10 heteroatoms. The number of methoxy groups -OCH3 is 3. The van der Waals surface area contributed by atoms with E-state index in [9.17, 15) is 9.59 Å². The highest BCUT2D eigenvalue weighted by atomic mass is 16.5. The molecular weight excluding hydrogens is 510 g/mol. The number of rotatable bonds is 10. The van der Waals surface area contributed by atoms with Gasteiger partial charge in [-0.1, -0.05) is 42.3 Å². The number of benzene rings is 3. The molecule has 1 aliphatic carbocycles. The molecule has 1 heterocycles. The Hall–Kier alpha value is -4.60. The van der Waals surface area contributed by atoms with E-state index in [0.717, 1.165) is 29.7 Å². The first-order chi connectivity index (χ1) is 19.5. The molecule has 0 spiro atoms. The van der Waals surface area contributed by atoms with E-state index < -0.39 is 5.54 Å². The van der Waals surface area contributed by atoms with Gasteiger partial charge in [-0.25, -0.2) is 4.68 Å². The van der Waals surface area contributed by atoms with Crippen molar-refractivity contribution in [3.05, 3.63) is 72.3 Å². The van der Waals surface area contributed by atoms with E-state index in [1.54, 1.807) is 42.0 Å². The van der Waals surface area contributed by atoms with Gasteiger partial charge in [0.05, 0.1) is 32.5 Å². The van der Waals surface area contributed by atoms with E-state index in [0.29, 0.717) is 35.5 Å². The van der Waals surface area contributed by atoms with Crippen LogP contribution in [0.4, 0.5) is 5.69 Å². The number of carbonyl (C=O) groups excluding carboxylic acids is 2. The van der Waals surface area contributed by atoms with Gasteiger partial charge < -0.3 is 24.4 Å². The topological polar surface area (TPSA) is 108 Å². The van der Waals surface area contributed by atoms with Crippen LogP contribution in [0.5, 0.6) is 17.2 Å². The molecule has 0 bridgehead atoms. The normalized spacial score (nSPS) is 14.1. The number of nitrogens with one attached hydrogen (secondary N) is 1. The van der Waals surface area contributed by atoms with Gasteiger partial charge in [-0.15, -0.1) is 5.10 Å². The van der Waals surface area contributed by atoms with Crippen LogP contribution in [0.1, 0.15) is 31.2 Å².